The lowest BCUT2D eigenvalue weighted by Gasteiger charge is -2.15. The number of halogens is 7. The van der Waals surface area contributed by atoms with Crippen LogP contribution in [-0.2, 0) is 6.18 Å². The lowest BCUT2D eigenvalue weighted by atomic mass is 10.1. The van der Waals surface area contributed by atoms with Gasteiger partial charge >= 0.3 is 12.4 Å². The Balaban J connectivity index is 2.56. The quantitative estimate of drug-likeness (QED) is 0.529. The molecule has 0 aliphatic heterocycles. The third-order valence-electron chi connectivity index (χ3n) is 2.49. The number of alkyl halides is 6. The van der Waals surface area contributed by atoms with Gasteiger partial charge in [-0.1, -0.05) is 15.9 Å². The standard InChI is InChI=1S/C12H12BrF6N/c13-8-3-4-10(9(7-8)12(17,18)19)20-6-2-1-5-11(14,15)16/h3-4,7,20H,1-2,5-6H2. The molecule has 114 valence electrons. The zero-order valence-electron chi connectivity index (χ0n) is 10.2. The molecule has 1 aromatic rings. The van der Waals surface area contributed by atoms with Gasteiger partial charge in [-0.05, 0) is 31.0 Å². The number of rotatable bonds is 5. The van der Waals surface area contributed by atoms with E-state index in [4.69, 9.17) is 0 Å². The van der Waals surface area contributed by atoms with Gasteiger partial charge in [0.25, 0.3) is 0 Å². The molecule has 0 saturated carbocycles. The smallest absolute Gasteiger partial charge is 0.385 e. The van der Waals surface area contributed by atoms with Crippen LogP contribution in [0.3, 0.4) is 0 Å². The number of anilines is 1. The van der Waals surface area contributed by atoms with E-state index in [0.29, 0.717) is 0 Å². The van der Waals surface area contributed by atoms with Gasteiger partial charge in [-0.3, -0.25) is 0 Å². The zero-order chi connectivity index (χ0) is 15.4. The van der Waals surface area contributed by atoms with Gasteiger partial charge in [-0.2, -0.15) is 26.3 Å². The van der Waals surface area contributed by atoms with Crippen LogP contribution in [0.4, 0.5) is 32.0 Å². The van der Waals surface area contributed by atoms with E-state index in [2.05, 4.69) is 21.2 Å². The first kappa shape index (κ1) is 17.1. The summed E-state index contributed by atoms with van der Waals surface area (Å²) in [6.45, 7) is 0.0563. The van der Waals surface area contributed by atoms with Crippen LogP contribution in [0.2, 0.25) is 0 Å². The highest BCUT2D eigenvalue weighted by molar-refractivity contribution is 9.10. The fourth-order valence-corrected chi connectivity index (χ4v) is 1.94. The van der Waals surface area contributed by atoms with E-state index in [1.54, 1.807) is 0 Å². The van der Waals surface area contributed by atoms with E-state index in [9.17, 15) is 26.3 Å². The molecule has 0 unspecified atom stereocenters. The van der Waals surface area contributed by atoms with E-state index in [1.807, 2.05) is 0 Å². The molecule has 0 fully saturated rings. The molecule has 0 aromatic heterocycles. The molecular weight excluding hydrogens is 352 g/mol. The third-order valence-corrected chi connectivity index (χ3v) is 2.98. The maximum atomic E-state index is 12.8. The summed E-state index contributed by atoms with van der Waals surface area (Å²) in [6.07, 6.45) is -9.64. The summed E-state index contributed by atoms with van der Waals surface area (Å²) in [5.74, 6) is 0. The molecule has 0 bridgehead atoms. The summed E-state index contributed by atoms with van der Waals surface area (Å²) in [4.78, 5) is 0. The molecule has 0 atom stereocenters. The Morgan fingerprint density at radius 3 is 2.20 bits per heavy atom. The first-order valence-electron chi connectivity index (χ1n) is 5.77. The lowest BCUT2D eigenvalue weighted by molar-refractivity contribution is -0.137. The summed E-state index contributed by atoms with van der Waals surface area (Å²) in [5, 5.41) is 2.53. The Hall–Kier alpha value is -0.920. The fraction of sp³-hybridized carbons (Fsp3) is 0.500. The van der Waals surface area contributed by atoms with E-state index in [1.165, 1.54) is 12.1 Å². The summed E-state index contributed by atoms with van der Waals surface area (Å²) < 4.78 is 74.2. The minimum Gasteiger partial charge on any atom is -0.385 e. The van der Waals surface area contributed by atoms with Crippen molar-refractivity contribution < 1.29 is 26.3 Å². The van der Waals surface area contributed by atoms with Gasteiger partial charge in [-0.15, -0.1) is 0 Å². The first-order valence-corrected chi connectivity index (χ1v) is 6.56. The molecule has 8 heteroatoms. The van der Waals surface area contributed by atoms with Crippen LogP contribution in [0.15, 0.2) is 22.7 Å². The van der Waals surface area contributed by atoms with E-state index in [0.717, 1.165) is 6.07 Å². The van der Waals surface area contributed by atoms with Gasteiger partial charge in [0, 0.05) is 23.1 Å². The van der Waals surface area contributed by atoms with Crippen molar-refractivity contribution >= 4 is 21.6 Å². The molecule has 1 N–H and O–H groups in total. The maximum Gasteiger partial charge on any atom is 0.418 e. The Bertz CT molecular complexity index is 441. The highest BCUT2D eigenvalue weighted by Crippen LogP contribution is 2.36. The molecule has 0 heterocycles. The van der Waals surface area contributed by atoms with Crippen molar-refractivity contribution in [1.29, 1.82) is 0 Å². The Labute approximate surface area is 120 Å². The Morgan fingerprint density at radius 2 is 1.65 bits per heavy atom. The van der Waals surface area contributed by atoms with Crippen LogP contribution >= 0.6 is 15.9 Å². The SMILES string of the molecule is FC(F)(F)CCCCNc1ccc(Br)cc1C(F)(F)F. The van der Waals surface area contributed by atoms with Crippen molar-refractivity contribution in [1.82, 2.24) is 0 Å². The summed E-state index contributed by atoms with van der Waals surface area (Å²) in [7, 11) is 0. The number of hydrogen-bond donors (Lipinski definition) is 1. The van der Waals surface area contributed by atoms with Crippen molar-refractivity contribution in [2.24, 2.45) is 0 Å². The van der Waals surface area contributed by atoms with Gasteiger partial charge in [0.15, 0.2) is 0 Å². The van der Waals surface area contributed by atoms with Crippen molar-refractivity contribution in [3.8, 4) is 0 Å². The average Bonchev–Trinajstić information content (AvgIpc) is 2.27. The van der Waals surface area contributed by atoms with Crippen LogP contribution in [0.1, 0.15) is 24.8 Å². The number of nitrogens with one attached hydrogen (secondary N) is 1. The molecule has 1 aromatic carbocycles. The molecule has 1 nitrogen and oxygen atoms in total. The summed E-state index contributed by atoms with van der Waals surface area (Å²) >= 11 is 2.95. The first-order chi connectivity index (χ1) is 9.09. The van der Waals surface area contributed by atoms with Crippen LogP contribution in [0.5, 0.6) is 0 Å². The number of benzene rings is 1. The van der Waals surface area contributed by atoms with Crippen molar-refractivity contribution in [3.05, 3.63) is 28.2 Å². The third kappa shape index (κ3) is 6.02. The molecule has 0 saturated heterocycles. The molecule has 1 rings (SSSR count). The van der Waals surface area contributed by atoms with E-state index < -0.39 is 24.3 Å². The van der Waals surface area contributed by atoms with Gasteiger partial charge < -0.3 is 5.32 Å². The fourth-order valence-electron chi connectivity index (χ4n) is 1.58. The molecule has 0 amide bonds. The predicted octanol–water partition coefficient (Wildman–Crippen LogP) is 5.61. The second kappa shape index (κ2) is 6.69. The Kier molecular flexibility index (Phi) is 5.73. The Morgan fingerprint density at radius 1 is 1.00 bits per heavy atom. The molecule has 0 aliphatic rings. The van der Waals surface area contributed by atoms with Gasteiger partial charge in [0.2, 0.25) is 0 Å². The van der Waals surface area contributed by atoms with Gasteiger partial charge in [0.05, 0.1) is 5.56 Å². The van der Waals surface area contributed by atoms with Crippen molar-refractivity contribution in [2.75, 3.05) is 11.9 Å². The molecule has 0 spiro atoms. The van der Waals surface area contributed by atoms with E-state index in [-0.39, 0.29) is 29.5 Å². The minimum absolute atomic E-state index is 0.0563. The number of hydrogen-bond acceptors (Lipinski definition) is 1. The normalized spacial score (nSPS) is 12.6. The van der Waals surface area contributed by atoms with E-state index >= 15 is 0 Å². The predicted molar refractivity (Wildman–Crippen MR) is 67.5 cm³/mol. The molecular formula is C12H12BrF6N. The summed E-state index contributed by atoms with van der Waals surface area (Å²) in [6, 6.07) is 3.61. The summed E-state index contributed by atoms with van der Waals surface area (Å²) in [5.41, 5.74) is -0.976. The zero-order valence-corrected chi connectivity index (χ0v) is 11.8. The number of unbranched alkanes of at least 4 members (excludes halogenated alkanes) is 1. The molecule has 0 aliphatic carbocycles. The minimum atomic E-state index is -4.52. The molecule has 20 heavy (non-hydrogen) atoms. The highest BCUT2D eigenvalue weighted by Gasteiger charge is 2.33. The largest absolute Gasteiger partial charge is 0.418 e. The van der Waals surface area contributed by atoms with Crippen molar-refractivity contribution in [3.63, 3.8) is 0 Å². The maximum absolute atomic E-state index is 12.8. The second-order valence-electron chi connectivity index (χ2n) is 4.19. The van der Waals surface area contributed by atoms with Crippen LogP contribution in [0.25, 0.3) is 0 Å². The van der Waals surface area contributed by atoms with Gasteiger partial charge in [-0.25, -0.2) is 0 Å². The highest BCUT2D eigenvalue weighted by atomic mass is 79.9. The van der Waals surface area contributed by atoms with Crippen molar-refractivity contribution in [2.45, 2.75) is 31.6 Å². The second-order valence-corrected chi connectivity index (χ2v) is 5.10. The molecule has 0 radical (unpaired) electrons. The van der Waals surface area contributed by atoms with Gasteiger partial charge in [0.1, 0.15) is 0 Å². The van der Waals surface area contributed by atoms with Crippen LogP contribution < -0.4 is 5.32 Å². The lowest BCUT2D eigenvalue weighted by Crippen LogP contribution is -2.12. The topological polar surface area (TPSA) is 12.0 Å². The van der Waals surface area contributed by atoms with Crippen LogP contribution in [0, 0.1) is 0 Å². The average molecular weight is 364 g/mol. The van der Waals surface area contributed by atoms with Crippen LogP contribution in [-0.4, -0.2) is 12.7 Å². The monoisotopic (exact) mass is 363 g/mol.